The number of nitrogens with zero attached hydrogens (tertiary/aromatic N) is 2. The minimum absolute atomic E-state index is 0.423. The predicted octanol–water partition coefficient (Wildman–Crippen LogP) is 2.70. The van der Waals surface area contributed by atoms with Gasteiger partial charge in [0.1, 0.15) is 0 Å². The van der Waals surface area contributed by atoms with Crippen LogP contribution in [0.25, 0.3) is 11.1 Å². The van der Waals surface area contributed by atoms with Crippen molar-refractivity contribution in [3.8, 4) is 11.1 Å². The fourth-order valence-electron chi connectivity index (χ4n) is 2.22. The SMILES string of the molecule is NC(=O)c1cccc(-c2cnn(Cc3ccccc3)c2)c1. The second-order valence-electron chi connectivity index (χ2n) is 4.86. The lowest BCUT2D eigenvalue weighted by Gasteiger charge is -2.02. The van der Waals surface area contributed by atoms with E-state index in [-0.39, 0.29) is 0 Å². The number of carbonyl (C=O) groups excluding carboxylic acids is 1. The number of carbonyl (C=O) groups is 1. The lowest BCUT2D eigenvalue weighted by molar-refractivity contribution is 0.100. The minimum Gasteiger partial charge on any atom is -0.366 e. The second kappa shape index (κ2) is 5.63. The Morgan fingerprint density at radius 2 is 1.86 bits per heavy atom. The molecule has 0 aliphatic carbocycles. The molecule has 0 aliphatic rings. The number of hydrogen-bond acceptors (Lipinski definition) is 2. The molecule has 4 nitrogen and oxygen atoms in total. The topological polar surface area (TPSA) is 60.9 Å². The summed E-state index contributed by atoms with van der Waals surface area (Å²) in [6, 6.07) is 17.4. The Bertz CT molecular complexity index is 762. The average Bonchev–Trinajstić information content (AvgIpc) is 2.97. The molecular weight excluding hydrogens is 262 g/mol. The van der Waals surface area contributed by atoms with Crippen LogP contribution in [0.2, 0.25) is 0 Å². The maximum atomic E-state index is 11.2. The molecule has 4 heteroatoms. The smallest absolute Gasteiger partial charge is 0.248 e. The highest BCUT2D eigenvalue weighted by atomic mass is 16.1. The van der Waals surface area contributed by atoms with Crippen molar-refractivity contribution in [1.82, 2.24) is 9.78 Å². The molecular formula is C17H15N3O. The highest BCUT2D eigenvalue weighted by molar-refractivity contribution is 5.94. The summed E-state index contributed by atoms with van der Waals surface area (Å²) in [5, 5.41) is 4.36. The summed E-state index contributed by atoms with van der Waals surface area (Å²) in [7, 11) is 0. The molecule has 21 heavy (non-hydrogen) atoms. The van der Waals surface area contributed by atoms with Gasteiger partial charge in [0.2, 0.25) is 5.91 Å². The first-order valence-corrected chi connectivity index (χ1v) is 6.69. The van der Waals surface area contributed by atoms with Gasteiger partial charge in [0.25, 0.3) is 0 Å². The van der Waals surface area contributed by atoms with Gasteiger partial charge in [-0.15, -0.1) is 0 Å². The van der Waals surface area contributed by atoms with E-state index < -0.39 is 5.91 Å². The molecule has 1 aromatic heterocycles. The van der Waals surface area contributed by atoms with Crippen LogP contribution in [0.4, 0.5) is 0 Å². The summed E-state index contributed by atoms with van der Waals surface area (Å²) in [5.41, 5.74) is 8.91. The average molecular weight is 277 g/mol. The Balaban J connectivity index is 1.85. The predicted molar refractivity (Wildman–Crippen MR) is 81.7 cm³/mol. The molecule has 104 valence electrons. The third-order valence-electron chi connectivity index (χ3n) is 3.30. The molecule has 0 aliphatic heterocycles. The summed E-state index contributed by atoms with van der Waals surface area (Å²) in [6.45, 7) is 0.719. The van der Waals surface area contributed by atoms with Crippen LogP contribution >= 0.6 is 0 Å². The van der Waals surface area contributed by atoms with Crippen molar-refractivity contribution >= 4 is 5.91 Å². The largest absolute Gasteiger partial charge is 0.366 e. The number of aromatic nitrogens is 2. The van der Waals surface area contributed by atoms with Crippen LogP contribution in [0.3, 0.4) is 0 Å². The fourth-order valence-corrected chi connectivity index (χ4v) is 2.22. The van der Waals surface area contributed by atoms with Gasteiger partial charge >= 0.3 is 0 Å². The number of rotatable bonds is 4. The first kappa shape index (κ1) is 13.1. The van der Waals surface area contributed by atoms with Crippen LogP contribution in [0.15, 0.2) is 67.0 Å². The fraction of sp³-hybridized carbons (Fsp3) is 0.0588. The second-order valence-corrected chi connectivity index (χ2v) is 4.86. The van der Waals surface area contributed by atoms with E-state index in [1.165, 1.54) is 5.56 Å². The highest BCUT2D eigenvalue weighted by Crippen LogP contribution is 2.20. The van der Waals surface area contributed by atoms with Crippen molar-refractivity contribution in [3.05, 3.63) is 78.1 Å². The molecule has 2 aromatic carbocycles. The van der Waals surface area contributed by atoms with E-state index in [2.05, 4.69) is 17.2 Å². The molecule has 0 radical (unpaired) electrons. The third kappa shape index (κ3) is 3.00. The van der Waals surface area contributed by atoms with E-state index in [0.717, 1.165) is 17.7 Å². The van der Waals surface area contributed by atoms with Crippen LogP contribution in [0.5, 0.6) is 0 Å². The summed E-state index contributed by atoms with van der Waals surface area (Å²) in [5.74, 6) is -0.423. The lowest BCUT2D eigenvalue weighted by Crippen LogP contribution is -2.10. The van der Waals surface area contributed by atoms with Crippen LogP contribution in [0, 0.1) is 0 Å². The lowest BCUT2D eigenvalue weighted by atomic mass is 10.1. The zero-order chi connectivity index (χ0) is 14.7. The highest BCUT2D eigenvalue weighted by Gasteiger charge is 2.05. The molecule has 3 aromatic rings. The van der Waals surface area contributed by atoms with Crippen LogP contribution in [0.1, 0.15) is 15.9 Å². The molecule has 0 spiro atoms. The van der Waals surface area contributed by atoms with Gasteiger partial charge in [-0.2, -0.15) is 5.10 Å². The molecule has 0 saturated heterocycles. The summed E-state index contributed by atoms with van der Waals surface area (Å²) in [4.78, 5) is 11.2. The van der Waals surface area contributed by atoms with E-state index in [1.54, 1.807) is 18.3 Å². The van der Waals surface area contributed by atoms with Crippen molar-refractivity contribution < 1.29 is 4.79 Å². The summed E-state index contributed by atoms with van der Waals surface area (Å²) < 4.78 is 1.88. The zero-order valence-corrected chi connectivity index (χ0v) is 11.4. The molecule has 0 atom stereocenters. The zero-order valence-electron chi connectivity index (χ0n) is 11.4. The first-order chi connectivity index (χ1) is 10.2. The molecule has 3 rings (SSSR count). The minimum atomic E-state index is -0.423. The maximum absolute atomic E-state index is 11.2. The Labute approximate surface area is 122 Å². The maximum Gasteiger partial charge on any atom is 0.248 e. The Morgan fingerprint density at radius 3 is 2.62 bits per heavy atom. The van der Waals surface area contributed by atoms with E-state index in [4.69, 9.17) is 5.73 Å². The summed E-state index contributed by atoms with van der Waals surface area (Å²) >= 11 is 0. The molecule has 0 fully saturated rings. The van der Waals surface area contributed by atoms with Gasteiger partial charge in [0, 0.05) is 17.3 Å². The number of benzene rings is 2. The Hall–Kier alpha value is -2.88. The Morgan fingerprint density at radius 1 is 1.05 bits per heavy atom. The van der Waals surface area contributed by atoms with Crippen molar-refractivity contribution in [1.29, 1.82) is 0 Å². The van der Waals surface area contributed by atoms with Crippen LogP contribution in [-0.4, -0.2) is 15.7 Å². The number of nitrogens with two attached hydrogens (primary N) is 1. The van der Waals surface area contributed by atoms with Crippen molar-refractivity contribution in [2.75, 3.05) is 0 Å². The monoisotopic (exact) mass is 277 g/mol. The normalized spacial score (nSPS) is 10.5. The summed E-state index contributed by atoms with van der Waals surface area (Å²) in [6.07, 6.45) is 3.76. The van der Waals surface area contributed by atoms with E-state index in [9.17, 15) is 4.79 Å². The number of hydrogen-bond donors (Lipinski definition) is 1. The van der Waals surface area contributed by atoms with Crippen molar-refractivity contribution in [3.63, 3.8) is 0 Å². The van der Waals surface area contributed by atoms with E-state index in [1.807, 2.05) is 41.2 Å². The van der Waals surface area contributed by atoms with Gasteiger partial charge in [-0.3, -0.25) is 9.48 Å². The van der Waals surface area contributed by atoms with E-state index in [0.29, 0.717) is 5.56 Å². The molecule has 1 heterocycles. The van der Waals surface area contributed by atoms with Crippen molar-refractivity contribution in [2.24, 2.45) is 5.73 Å². The Kier molecular flexibility index (Phi) is 3.51. The van der Waals surface area contributed by atoms with Crippen LogP contribution < -0.4 is 5.73 Å². The molecule has 0 saturated carbocycles. The molecule has 2 N–H and O–H groups in total. The van der Waals surface area contributed by atoms with Gasteiger partial charge in [0.05, 0.1) is 12.7 Å². The van der Waals surface area contributed by atoms with E-state index >= 15 is 0 Å². The number of primary amides is 1. The van der Waals surface area contributed by atoms with Gasteiger partial charge in [-0.25, -0.2) is 0 Å². The van der Waals surface area contributed by atoms with Gasteiger partial charge in [-0.1, -0.05) is 42.5 Å². The van der Waals surface area contributed by atoms with Crippen molar-refractivity contribution in [2.45, 2.75) is 6.54 Å². The number of amides is 1. The molecule has 1 amide bonds. The molecule has 0 bridgehead atoms. The van der Waals surface area contributed by atoms with Crippen LogP contribution in [-0.2, 0) is 6.54 Å². The van der Waals surface area contributed by atoms with Gasteiger partial charge < -0.3 is 5.73 Å². The third-order valence-corrected chi connectivity index (χ3v) is 3.30. The van der Waals surface area contributed by atoms with Gasteiger partial charge in [0.15, 0.2) is 0 Å². The first-order valence-electron chi connectivity index (χ1n) is 6.69. The molecule has 0 unspecified atom stereocenters. The quantitative estimate of drug-likeness (QED) is 0.797. The van der Waals surface area contributed by atoms with Gasteiger partial charge in [-0.05, 0) is 23.3 Å². The standard InChI is InChI=1S/C17H15N3O/c18-17(21)15-8-4-7-14(9-15)16-10-19-20(12-16)11-13-5-2-1-3-6-13/h1-10,12H,11H2,(H2,18,21).